The molecule has 0 aliphatic rings. The first-order valence-corrected chi connectivity index (χ1v) is 5.67. The molecule has 1 rings (SSSR count). The fourth-order valence-electron chi connectivity index (χ4n) is 1.37. The van der Waals surface area contributed by atoms with Gasteiger partial charge < -0.3 is 5.11 Å². The number of benzene rings is 1. The van der Waals surface area contributed by atoms with Crippen LogP contribution < -0.4 is 0 Å². The van der Waals surface area contributed by atoms with E-state index < -0.39 is 0 Å². The highest BCUT2D eigenvalue weighted by Crippen LogP contribution is 2.07. The molecular weight excluding hydrogens is 208 g/mol. The van der Waals surface area contributed by atoms with Crippen molar-refractivity contribution in [2.45, 2.75) is 6.42 Å². The fourth-order valence-corrected chi connectivity index (χ4v) is 1.37. The SMILES string of the molecule is C=CCc1ccc(C=C/C=C/C=C/CO)cc1. The largest absolute Gasteiger partial charge is 0.392 e. The number of aliphatic hydroxyl groups excluding tert-OH is 1. The Balaban J connectivity index is 2.51. The molecule has 88 valence electrons. The molecule has 0 amide bonds. The van der Waals surface area contributed by atoms with Crippen LogP contribution in [0.5, 0.6) is 0 Å². The van der Waals surface area contributed by atoms with Gasteiger partial charge in [-0.2, -0.15) is 0 Å². The summed E-state index contributed by atoms with van der Waals surface area (Å²) in [6.07, 6.45) is 14.2. The molecule has 1 aromatic rings. The predicted molar refractivity (Wildman–Crippen MR) is 74.7 cm³/mol. The Morgan fingerprint density at radius 3 is 2.35 bits per heavy atom. The Labute approximate surface area is 103 Å². The predicted octanol–water partition coefficient (Wildman–Crippen LogP) is 3.53. The van der Waals surface area contributed by atoms with Gasteiger partial charge in [-0.3, -0.25) is 0 Å². The summed E-state index contributed by atoms with van der Waals surface area (Å²) >= 11 is 0. The standard InChI is InChI=1S/C16H18O/c1-2-8-15-10-12-16(13-11-15)9-6-4-3-5-7-14-17/h2-7,9-13,17H,1,8,14H2/b4-3+,7-5+,9-6?. The van der Waals surface area contributed by atoms with Gasteiger partial charge in [0.1, 0.15) is 0 Å². The lowest BCUT2D eigenvalue weighted by molar-refractivity contribution is 0.343. The van der Waals surface area contributed by atoms with Gasteiger partial charge in [0.2, 0.25) is 0 Å². The molecule has 17 heavy (non-hydrogen) atoms. The topological polar surface area (TPSA) is 20.2 Å². The van der Waals surface area contributed by atoms with Crippen LogP contribution in [0.2, 0.25) is 0 Å². The van der Waals surface area contributed by atoms with E-state index in [-0.39, 0.29) is 6.61 Å². The van der Waals surface area contributed by atoms with Crippen LogP contribution in [-0.2, 0) is 6.42 Å². The number of allylic oxidation sites excluding steroid dienone is 5. The molecule has 0 aliphatic heterocycles. The Hall–Kier alpha value is -1.86. The summed E-state index contributed by atoms with van der Waals surface area (Å²) < 4.78 is 0. The number of aliphatic hydroxyl groups is 1. The minimum Gasteiger partial charge on any atom is -0.392 e. The summed E-state index contributed by atoms with van der Waals surface area (Å²) in [6.45, 7) is 3.80. The van der Waals surface area contributed by atoms with Gasteiger partial charge in [-0.25, -0.2) is 0 Å². The van der Waals surface area contributed by atoms with Crippen LogP contribution in [0.1, 0.15) is 11.1 Å². The monoisotopic (exact) mass is 226 g/mol. The van der Waals surface area contributed by atoms with Gasteiger partial charge in [0, 0.05) is 0 Å². The van der Waals surface area contributed by atoms with Gasteiger partial charge in [0.05, 0.1) is 6.61 Å². The molecule has 0 heterocycles. The van der Waals surface area contributed by atoms with Crippen molar-refractivity contribution in [1.29, 1.82) is 0 Å². The van der Waals surface area contributed by atoms with E-state index >= 15 is 0 Å². The average Bonchev–Trinajstić information content (AvgIpc) is 2.36. The zero-order chi connectivity index (χ0) is 12.3. The Morgan fingerprint density at radius 2 is 1.71 bits per heavy atom. The zero-order valence-corrected chi connectivity index (χ0v) is 9.92. The summed E-state index contributed by atoms with van der Waals surface area (Å²) in [5.74, 6) is 0. The van der Waals surface area contributed by atoms with Crippen molar-refractivity contribution >= 4 is 6.08 Å². The second-order valence-corrected chi connectivity index (χ2v) is 3.59. The molecule has 1 aromatic carbocycles. The molecule has 0 saturated carbocycles. The van der Waals surface area contributed by atoms with Crippen LogP contribution in [0.15, 0.2) is 67.3 Å². The fraction of sp³-hybridized carbons (Fsp3) is 0.125. The second kappa shape index (κ2) is 8.31. The molecule has 1 nitrogen and oxygen atoms in total. The molecule has 0 spiro atoms. The maximum atomic E-state index is 8.52. The first-order chi connectivity index (χ1) is 8.36. The lowest BCUT2D eigenvalue weighted by Crippen LogP contribution is -1.79. The highest BCUT2D eigenvalue weighted by molar-refractivity contribution is 5.51. The minimum absolute atomic E-state index is 0.0822. The van der Waals surface area contributed by atoms with Crippen LogP contribution in [-0.4, -0.2) is 11.7 Å². The highest BCUT2D eigenvalue weighted by atomic mass is 16.2. The normalized spacial score (nSPS) is 11.8. The molecular formula is C16H18O. The summed E-state index contributed by atoms with van der Waals surface area (Å²) in [5, 5.41) is 8.52. The third-order valence-electron chi connectivity index (χ3n) is 2.22. The smallest absolute Gasteiger partial charge is 0.0615 e. The van der Waals surface area contributed by atoms with E-state index in [0.29, 0.717) is 0 Å². The Morgan fingerprint density at radius 1 is 1.00 bits per heavy atom. The van der Waals surface area contributed by atoms with Crippen molar-refractivity contribution < 1.29 is 5.11 Å². The maximum absolute atomic E-state index is 8.52. The van der Waals surface area contributed by atoms with Crippen molar-refractivity contribution in [3.63, 3.8) is 0 Å². The van der Waals surface area contributed by atoms with Gasteiger partial charge in [-0.1, -0.05) is 66.8 Å². The van der Waals surface area contributed by atoms with Crippen LogP contribution in [0, 0.1) is 0 Å². The van der Waals surface area contributed by atoms with E-state index in [4.69, 9.17) is 5.11 Å². The molecule has 1 heteroatoms. The van der Waals surface area contributed by atoms with Gasteiger partial charge in [0.15, 0.2) is 0 Å². The van der Waals surface area contributed by atoms with E-state index in [0.717, 1.165) is 6.42 Å². The Bertz CT molecular complexity index is 408. The third-order valence-corrected chi connectivity index (χ3v) is 2.22. The van der Waals surface area contributed by atoms with E-state index in [1.54, 1.807) is 6.08 Å². The van der Waals surface area contributed by atoms with Crippen LogP contribution in [0.25, 0.3) is 6.08 Å². The van der Waals surface area contributed by atoms with Crippen molar-refractivity contribution in [2.75, 3.05) is 6.61 Å². The van der Waals surface area contributed by atoms with Gasteiger partial charge in [-0.15, -0.1) is 6.58 Å². The first-order valence-electron chi connectivity index (χ1n) is 5.67. The zero-order valence-electron chi connectivity index (χ0n) is 9.92. The molecule has 0 radical (unpaired) electrons. The minimum atomic E-state index is 0.0822. The molecule has 0 bridgehead atoms. The van der Waals surface area contributed by atoms with Crippen LogP contribution in [0.3, 0.4) is 0 Å². The first kappa shape index (κ1) is 13.2. The maximum Gasteiger partial charge on any atom is 0.0615 e. The lowest BCUT2D eigenvalue weighted by atomic mass is 10.1. The van der Waals surface area contributed by atoms with E-state index in [2.05, 4.69) is 30.8 Å². The number of hydrogen-bond donors (Lipinski definition) is 1. The van der Waals surface area contributed by atoms with Gasteiger partial charge >= 0.3 is 0 Å². The molecule has 0 atom stereocenters. The van der Waals surface area contributed by atoms with Gasteiger partial charge in [0.25, 0.3) is 0 Å². The van der Waals surface area contributed by atoms with E-state index in [1.165, 1.54) is 11.1 Å². The summed E-state index contributed by atoms with van der Waals surface area (Å²) in [7, 11) is 0. The molecule has 0 unspecified atom stereocenters. The molecule has 0 aromatic heterocycles. The quantitative estimate of drug-likeness (QED) is 0.581. The van der Waals surface area contributed by atoms with Crippen LogP contribution >= 0.6 is 0 Å². The summed E-state index contributed by atoms with van der Waals surface area (Å²) in [6, 6.07) is 8.40. The van der Waals surface area contributed by atoms with Crippen molar-refractivity contribution in [2.24, 2.45) is 0 Å². The second-order valence-electron chi connectivity index (χ2n) is 3.59. The summed E-state index contributed by atoms with van der Waals surface area (Å²) in [4.78, 5) is 0. The van der Waals surface area contributed by atoms with Crippen molar-refractivity contribution in [3.8, 4) is 0 Å². The van der Waals surface area contributed by atoms with E-state index in [1.807, 2.05) is 36.5 Å². The Kier molecular flexibility index (Phi) is 6.46. The third kappa shape index (κ3) is 5.69. The van der Waals surface area contributed by atoms with Gasteiger partial charge in [-0.05, 0) is 17.5 Å². The number of rotatable bonds is 6. The van der Waals surface area contributed by atoms with Crippen molar-refractivity contribution in [1.82, 2.24) is 0 Å². The number of hydrogen-bond acceptors (Lipinski definition) is 1. The molecule has 0 aliphatic carbocycles. The van der Waals surface area contributed by atoms with Crippen molar-refractivity contribution in [3.05, 3.63) is 78.4 Å². The summed E-state index contributed by atoms with van der Waals surface area (Å²) in [5.41, 5.74) is 2.45. The van der Waals surface area contributed by atoms with E-state index in [9.17, 15) is 0 Å². The lowest BCUT2D eigenvalue weighted by Gasteiger charge is -1.96. The highest BCUT2D eigenvalue weighted by Gasteiger charge is 1.88. The molecule has 1 N–H and O–H groups in total. The average molecular weight is 226 g/mol. The van der Waals surface area contributed by atoms with Crippen LogP contribution in [0.4, 0.5) is 0 Å². The molecule has 0 saturated heterocycles. The molecule has 0 fully saturated rings.